The Morgan fingerprint density at radius 2 is 2.09 bits per heavy atom. The maximum atomic E-state index is 11.9. The number of carbonyl (C=O) groups excluding carboxylic acids is 1. The summed E-state index contributed by atoms with van der Waals surface area (Å²) in [7, 11) is 0. The van der Waals surface area contributed by atoms with E-state index in [1.165, 1.54) is 0 Å². The van der Waals surface area contributed by atoms with Crippen LogP contribution in [0.4, 0.5) is 4.79 Å². The van der Waals surface area contributed by atoms with Gasteiger partial charge in [-0.05, 0) is 23.8 Å². The van der Waals surface area contributed by atoms with Gasteiger partial charge in [0, 0.05) is 12.0 Å². The number of rotatable bonds is 3. The molecule has 2 aromatic carbocycles. The van der Waals surface area contributed by atoms with E-state index in [0.29, 0.717) is 18.8 Å². The normalized spacial score (nSPS) is 16.3. The molecule has 0 saturated carbocycles. The fourth-order valence-corrected chi connectivity index (χ4v) is 2.44. The van der Waals surface area contributed by atoms with Crippen LogP contribution in [0.25, 0.3) is 0 Å². The van der Waals surface area contributed by atoms with E-state index in [1.807, 2.05) is 30.3 Å². The van der Waals surface area contributed by atoms with Gasteiger partial charge in [0.1, 0.15) is 18.1 Å². The van der Waals surface area contributed by atoms with Crippen LogP contribution in [0.3, 0.4) is 0 Å². The number of aromatic hydroxyl groups is 1. The van der Waals surface area contributed by atoms with Crippen molar-refractivity contribution >= 4 is 6.09 Å². The smallest absolute Gasteiger partial charge is 0.407 e. The molecule has 0 aromatic heterocycles. The molecule has 0 saturated heterocycles. The number of benzene rings is 2. The topological polar surface area (TPSA) is 67.8 Å². The molecule has 2 aromatic rings. The molecule has 0 unspecified atom stereocenters. The first-order valence-electron chi connectivity index (χ1n) is 7.15. The Bertz CT molecular complexity index is 657. The number of nitrogens with one attached hydrogen (secondary N) is 1. The van der Waals surface area contributed by atoms with E-state index in [9.17, 15) is 9.90 Å². The molecule has 1 aliphatic heterocycles. The number of phenolic OH excluding ortho intramolecular Hbond substituents is 1. The lowest BCUT2D eigenvalue weighted by atomic mass is 10.0. The quantitative estimate of drug-likeness (QED) is 0.913. The van der Waals surface area contributed by atoms with Crippen molar-refractivity contribution in [2.75, 3.05) is 6.61 Å². The zero-order valence-electron chi connectivity index (χ0n) is 12.0. The van der Waals surface area contributed by atoms with Gasteiger partial charge in [-0.25, -0.2) is 4.79 Å². The molecule has 5 heteroatoms. The molecular formula is C17H17NO4. The van der Waals surface area contributed by atoms with Crippen molar-refractivity contribution in [1.29, 1.82) is 0 Å². The number of amides is 1. The molecule has 1 heterocycles. The number of alkyl carbamates (subject to hydrolysis) is 1. The van der Waals surface area contributed by atoms with Crippen LogP contribution in [0.15, 0.2) is 48.5 Å². The van der Waals surface area contributed by atoms with Gasteiger partial charge in [0.2, 0.25) is 0 Å². The van der Waals surface area contributed by atoms with Crippen molar-refractivity contribution in [3.63, 3.8) is 0 Å². The van der Waals surface area contributed by atoms with Crippen LogP contribution in [-0.4, -0.2) is 17.8 Å². The summed E-state index contributed by atoms with van der Waals surface area (Å²) in [5.74, 6) is 0.825. The molecule has 0 spiro atoms. The molecule has 0 radical (unpaired) electrons. The molecule has 2 N–H and O–H groups in total. The Kier molecular flexibility index (Phi) is 4.14. The van der Waals surface area contributed by atoms with Gasteiger partial charge in [-0.3, -0.25) is 0 Å². The molecule has 0 fully saturated rings. The number of hydrogen-bond donors (Lipinski definition) is 2. The summed E-state index contributed by atoms with van der Waals surface area (Å²) >= 11 is 0. The van der Waals surface area contributed by atoms with E-state index in [0.717, 1.165) is 11.1 Å². The summed E-state index contributed by atoms with van der Waals surface area (Å²) in [5.41, 5.74) is 1.70. The molecule has 1 amide bonds. The van der Waals surface area contributed by atoms with Crippen molar-refractivity contribution in [3.8, 4) is 11.5 Å². The second-order valence-electron chi connectivity index (χ2n) is 5.12. The van der Waals surface area contributed by atoms with Gasteiger partial charge in [-0.15, -0.1) is 0 Å². The molecule has 5 nitrogen and oxygen atoms in total. The van der Waals surface area contributed by atoms with Crippen LogP contribution in [0.5, 0.6) is 11.5 Å². The van der Waals surface area contributed by atoms with E-state index in [1.54, 1.807) is 18.2 Å². The Hall–Kier alpha value is -2.69. The van der Waals surface area contributed by atoms with Crippen LogP contribution in [0, 0.1) is 0 Å². The molecule has 0 aliphatic carbocycles. The number of ether oxygens (including phenoxy) is 2. The molecule has 1 aliphatic rings. The zero-order valence-corrected chi connectivity index (χ0v) is 12.0. The van der Waals surface area contributed by atoms with Gasteiger partial charge in [0.05, 0.1) is 12.6 Å². The Morgan fingerprint density at radius 3 is 2.91 bits per heavy atom. The standard InChI is InChI=1S/C17H17NO4/c19-13-6-7-16-14(10-13)15(8-9-21-16)18-17(20)22-11-12-4-2-1-3-5-12/h1-7,10,15,19H,8-9,11H2,(H,18,20)/t15-/m0/s1. The van der Waals surface area contributed by atoms with Crippen LogP contribution >= 0.6 is 0 Å². The Morgan fingerprint density at radius 1 is 1.27 bits per heavy atom. The first-order valence-corrected chi connectivity index (χ1v) is 7.15. The fourth-order valence-electron chi connectivity index (χ4n) is 2.44. The highest BCUT2D eigenvalue weighted by Crippen LogP contribution is 2.34. The highest BCUT2D eigenvalue weighted by molar-refractivity contribution is 5.68. The van der Waals surface area contributed by atoms with Crippen molar-refractivity contribution < 1.29 is 19.4 Å². The summed E-state index contributed by atoms with van der Waals surface area (Å²) in [5, 5.41) is 12.4. The highest BCUT2D eigenvalue weighted by atomic mass is 16.5. The van der Waals surface area contributed by atoms with Gasteiger partial charge in [0.25, 0.3) is 0 Å². The maximum Gasteiger partial charge on any atom is 0.407 e. The minimum atomic E-state index is -0.481. The van der Waals surface area contributed by atoms with Crippen molar-refractivity contribution in [1.82, 2.24) is 5.32 Å². The van der Waals surface area contributed by atoms with E-state index >= 15 is 0 Å². The monoisotopic (exact) mass is 299 g/mol. The number of fused-ring (bicyclic) bond motifs is 1. The zero-order chi connectivity index (χ0) is 15.4. The van der Waals surface area contributed by atoms with Crippen molar-refractivity contribution in [2.24, 2.45) is 0 Å². The third-order valence-corrected chi connectivity index (χ3v) is 3.54. The van der Waals surface area contributed by atoms with E-state index in [2.05, 4.69) is 5.32 Å². The molecule has 114 valence electrons. The summed E-state index contributed by atoms with van der Waals surface area (Å²) in [4.78, 5) is 11.9. The van der Waals surface area contributed by atoms with Crippen LogP contribution in [0.2, 0.25) is 0 Å². The average Bonchev–Trinajstić information content (AvgIpc) is 2.54. The third-order valence-electron chi connectivity index (χ3n) is 3.54. The van der Waals surface area contributed by atoms with E-state index in [4.69, 9.17) is 9.47 Å². The largest absolute Gasteiger partial charge is 0.508 e. The van der Waals surface area contributed by atoms with Crippen LogP contribution in [-0.2, 0) is 11.3 Å². The molecule has 0 bridgehead atoms. The van der Waals surface area contributed by atoms with E-state index < -0.39 is 6.09 Å². The van der Waals surface area contributed by atoms with Gasteiger partial charge in [-0.1, -0.05) is 30.3 Å². The van der Waals surface area contributed by atoms with Gasteiger partial charge in [-0.2, -0.15) is 0 Å². The lowest BCUT2D eigenvalue weighted by Gasteiger charge is -2.26. The predicted molar refractivity (Wildman–Crippen MR) is 80.7 cm³/mol. The Labute approximate surface area is 128 Å². The SMILES string of the molecule is O=C(N[C@H]1CCOc2ccc(O)cc21)OCc1ccccc1. The second kappa shape index (κ2) is 6.39. The minimum absolute atomic E-state index is 0.147. The Balaban J connectivity index is 1.62. The number of carbonyl (C=O) groups is 1. The summed E-state index contributed by atoms with van der Waals surface area (Å²) in [6, 6.07) is 14.2. The first-order chi connectivity index (χ1) is 10.7. The van der Waals surface area contributed by atoms with Gasteiger partial charge in [0.15, 0.2) is 0 Å². The third kappa shape index (κ3) is 3.31. The van der Waals surface area contributed by atoms with Crippen molar-refractivity contribution in [3.05, 3.63) is 59.7 Å². The van der Waals surface area contributed by atoms with Crippen LogP contribution < -0.4 is 10.1 Å². The minimum Gasteiger partial charge on any atom is -0.508 e. The fraction of sp³-hybridized carbons (Fsp3) is 0.235. The molecule has 22 heavy (non-hydrogen) atoms. The van der Waals surface area contributed by atoms with Gasteiger partial charge < -0.3 is 19.9 Å². The average molecular weight is 299 g/mol. The lowest BCUT2D eigenvalue weighted by molar-refractivity contribution is 0.131. The molecular weight excluding hydrogens is 282 g/mol. The maximum absolute atomic E-state index is 11.9. The summed E-state index contributed by atoms with van der Waals surface area (Å²) in [6.45, 7) is 0.740. The molecule has 1 atom stereocenters. The van der Waals surface area contributed by atoms with Crippen LogP contribution in [0.1, 0.15) is 23.6 Å². The predicted octanol–water partition coefficient (Wildman–Crippen LogP) is 3.14. The summed E-state index contributed by atoms with van der Waals surface area (Å²) in [6.07, 6.45) is 0.154. The number of phenols is 1. The lowest BCUT2D eigenvalue weighted by Crippen LogP contribution is -2.32. The summed E-state index contributed by atoms with van der Waals surface area (Å²) < 4.78 is 10.7. The first kappa shape index (κ1) is 14.3. The number of hydrogen-bond acceptors (Lipinski definition) is 4. The second-order valence-corrected chi connectivity index (χ2v) is 5.12. The van der Waals surface area contributed by atoms with E-state index in [-0.39, 0.29) is 18.4 Å². The van der Waals surface area contributed by atoms with Crippen molar-refractivity contribution in [2.45, 2.75) is 19.1 Å². The van der Waals surface area contributed by atoms with Gasteiger partial charge >= 0.3 is 6.09 Å². The molecule has 3 rings (SSSR count). The highest BCUT2D eigenvalue weighted by Gasteiger charge is 2.24.